The summed E-state index contributed by atoms with van der Waals surface area (Å²) in [4.78, 5) is 23.1. The second-order valence-corrected chi connectivity index (χ2v) is 5.43. The van der Waals surface area contributed by atoms with Crippen LogP contribution in [0.4, 0.5) is 14.5 Å². The smallest absolute Gasteiger partial charge is 0.335 e. The molecule has 1 aromatic carbocycles. The molecule has 0 saturated heterocycles. The van der Waals surface area contributed by atoms with Crippen molar-refractivity contribution in [2.24, 2.45) is 0 Å². The maximum absolute atomic E-state index is 12.8. The van der Waals surface area contributed by atoms with E-state index in [4.69, 9.17) is 5.11 Å². The van der Waals surface area contributed by atoms with Crippen molar-refractivity contribution in [2.45, 2.75) is 33.7 Å². The Balaban J connectivity index is 2.15. The number of carbonyl (C=O) groups is 2. The van der Waals surface area contributed by atoms with Crippen molar-refractivity contribution in [3.05, 3.63) is 46.3 Å². The molecule has 1 aromatic heterocycles. The maximum Gasteiger partial charge on any atom is 0.335 e. The van der Waals surface area contributed by atoms with Gasteiger partial charge in [-0.25, -0.2) is 9.48 Å². The zero-order valence-corrected chi connectivity index (χ0v) is 13.4. The Labute approximate surface area is 137 Å². The molecule has 8 heteroatoms. The number of aryl methyl sites for hydroxylation is 2. The van der Waals surface area contributed by atoms with Crippen LogP contribution >= 0.6 is 0 Å². The number of halogens is 2. The van der Waals surface area contributed by atoms with Gasteiger partial charge in [0.2, 0.25) is 5.91 Å². The molecule has 0 aliphatic rings. The molecule has 2 N–H and O–H groups in total. The molecule has 0 saturated carbocycles. The topological polar surface area (TPSA) is 84.2 Å². The summed E-state index contributed by atoms with van der Waals surface area (Å²) in [5.41, 5.74) is 2.18. The van der Waals surface area contributed by atoms with Crippen molar-refractivity contribution in [3.63, 3.8) is 0 Å². The Morgan fingerprint density at radius 2 is 1.96 bits per heavy atom. The van der Waals surface area contributed by atoms with Crippen LogP contribution in [0.3, 0.4) is 0 Å². The molecule has 0 fully saturated rings. The number of carboxylic acids is 1. The lowest BCUT2D eigenvalue weighted by molar-refractivity contribution is -0.115. The van der Waals surface area contributed by atoms with E-state index in [0.29, 0.717) is 27.2 Å². The molecule has 6 nitrogen and oxygen atoms in total. The lowest BCUT2D eigenvalue weighted by Crippen LogP contribution is -2.16. The standard InChI is InChI=1S/C16H17F2N3O3/c1-8-6-11(4-5-12(8)15(23)24)19-14(22)7-13-9(2)20-21(10(13)3)16(17)18/h4-6,16H,7H2,1-3H3,(H,19,22)(H,23,24). The molecule has 0 radical (unpaired) electrons. The summed E-state index contributed by atoms with van der Waals surface area (Å²) in [6, 6.07) is 4.43. The van der Waals surface area contributed by atoms with Gasteiger partial charge in [-0.1, -0.05) is 0 Å². The van der Waals surface area contributed by atoms with Gasteiger partial charge in [0.25, 0.3) is 0 Å². The van der Waals surface area contributed by atoms with Crippen LogP contribution in [0.2, 0.25) is 0 Å². The van der Waals surface area contributed by atoms with Gasteiger partial charge in [0.15, 0.2) is 0 Å². The predicted octanol–water partition coefficient (Wildman–Crippen LogP) is 3.08. The first-order valence-corrected chi connectivity index (χ1v) is 7.17. The molecule has 1 amide bonds. The van der Waals surface area contributed by atoms with Crippen molar-refractivity contribution in [1.29, 1.82) is 0 Å². The van der Waals surface area contributed by atoms with E-state index < -0.39 is 18.4 Å². The van der Waals surface area contributed by atoms with Crippen LogP contribution in [-0.4, -0.2) is 26.8 Å². The number of carbonyl (C=O) groups excluding carboxylic acids is 1. The average Bonchev–Trinajstić information content (AvgIpc) is 2.75. The summed E-state index contributed by atoms with van der Waals surface area (Å²) in [5.74, 6) is -1.44. The van der Waals surface area contributed by atoms with Gasteiger partial charge in [-0.05, 0) is 44.5 Å². The zero-order chi connectivity index (χ0) is 18.0. The largest absolute Gasteiger partial charge is 0.478 e. The molecule has 0 atom stereocenters. The minimum Gasteiger partial charge on any atom is -0.478 e. The third kappa shape index (κ3) is 3.58. The van der Waals surface area contributed by atoms with Gasteiger partial charge < -0.3 is 10.4 Å². The number of alkyl halides is 2. The average molecular weight is 337 g/mol. The second-order valence-electron chi connectivity index (χ2n) is 5.43. The SMILES string of the molecule is Cc1cc(NC(=O)Cc2c(C)nn(C(F)F)c2C)ccc1C(=O)O. The van der Waals surface area contributed by atoms with E-state index in [0.717, 1.165) is 0 Å². The number of nitrogens with one attached hydrogen (secondary N) is 1. The van der Waals surface area contributed by atoms with Gasteiger partial charge in [-0.15, -0.1) is 0 Å². The minimum atomic E-state index is -2.76. The van der Waals surface area contributed by atoms with Gasteiger partial charge in [0, 0.05) is 16.9 Å². The van der Waals surface area contributed by atoms with Gasteiger partial charge >= 0.3 is 12.5 Å². The van der Waals surface area contributed by atoms with Crippen molar-refractivity contribution in [1.82, 2.24) is 9.78 Å². The molecule has 0 unspecified atom stereocenters. The number of anilines is 1. The quantitative estimate of drug-likeness (QED) is 0.878. The van der Waals surface area contributed by atoms with Crippen molar-refractivity contribution in [2.75, 3.05) is 5.32 Å². The highest BCUT2D eigenvalue weighted by Gasteiger charge is 2.19. The number of amides is 1. The van der Waals surface area contributed by atoms with Crippen LogP contribution < -0.4 is 5.32 Å². The second kappa shape index (κ2) is 6.77. The molecule has 24 heavy (non-hydrogen) atoms. The molecule has 128 valence electrons. The Bertz CT molecular complexity index is 800. The summed E-state index contributed by atoms with van der Waals surface area (Å²) in [6.07, 6.45) is -0.0931. The molecule has 0 aliphatic carbocycles. The Kier molecular flexibility index (Phi) is 4.96. The Morgan fingerprint density at radius 1 is 1.29 bits per heavy atom. The van der Waals surface area contributed by atoms with Crippen molar-refractivity contribution < 1.29 is 23.5 Å². The van der Waals surface area contributed by atoms with E-state index in [9.17, 15) is 18.4 Å². The van der Waals surface area contributed by atoms with Crippen LogP contribution in [0.25, 0.3) is 0 Å². The third-order valence-corrected chi connectivity index (χ3v) is 3.74. The number of aromatic nitrogens is 2. The Morgan fingerprint density at radius 3 is 2.46 bits per heavy atom. The molecule has 0 bridgehead atoms. The first-order valence-electron chi connectivity index (χ1n) is 7.17. The number of aromatic carboxylic acids is 1. The molecule has 1 heterocycles. The van der Waals surface area contributed by atoms with Gasteiger partial charge in [-0.3, -0.25) is 4.79 Å². The maximum atomic E-state index is 12.8. The first-order chi connectivity index (χ1) is 11.2. The van der Waals surface area contributed by atoms with Gasteiger partial charge in [-0.2, -0.15) is 13.9 Å². The highest BCUT2D eigenvalue weighted by Crippen LogP contribution is 2.21. The molecule has 0 aliphatic heterocycles. The van der Waals surface area contributed by atoms with E-state index >= 15 is 0 Å². The van der Waals surface area contributed by atoms with Crippen LogP contribution in [0.1, 0.15) is 39.4 Å². The lowest BCUT2D eigenvalue weighted by atomic mass is 10.1. The van der Waals surface area contributed by atoms with E-state index in [1.54, 1.807) is 19.9 Å². The summed E-state index contributed by atoms with van der Waals surface area (Å²) in [6.45, 7) is 1.92. The fraction of sp³-hybridized carbons (Fsp3) is 0.312. The molecular weight excluding hydrogens is 320 g/mol. The van der Waals surface area contributed by atoms with E-state index in [2.05, 4.69) is 10.4 Å². The van der Waals surface area contributed by atoms with Crippen LogP contribution in [0.5, 0.6) is 0 Å². The van der Waals surface area contributed by atoms with Crippen molar-refractivity contribution >= 4 is 17.6 Å². The van der Waals surface area contributed by atoms with Gasteiger partial charge in [0.1, 0.15) is 0 Å². The minimum absolute atomic E-state index is 0.0931. The summed E-state index contributed by atoms with van der Waals surface area (Å²) in [7, 11) is 0. The third-order valence-electron chi connectivity index (χ3n) is 3.74. The Hall–Kier alpha value is -2.77. The highest BCUT2D eigenvalue weighted by atomic mass is 19.3. The first kappa shape index (κ1) is 17.6. The van der Waals surface area contributed by atoms with E-state index in [1.165, 1.54) is 19.1 Å². The normalized spacial score (nSPS) is 10.9. The highest BCUT2D eigenvalue weighted by molar-refractivity contribution is 5.94. The fourth-order valence-electron chi connectivity index (χ4n) is 2.49. The number of hydrogen-bond acceptors (Lipinski definition) is 3. The number of hydrogen-bond donors (Lipinski definition) is 2. The van der Waals surface area contributed by atoms with Crippen LogP contribution in [-0.2, 0) is 11.2 Å². The van der Waals surface area contributed by atoms with E-state index in [-0.39, 0.29) is 17.7 Å². The van der Waals surface area contributed by atoms with Crippen LogP contribution in [0.15, 0.2) is 18.2 Å². The number of carboxylic acid groups (broad SMARTS) is 1. The zero-order valence-electron chi connectivity index (χ0n) is 13.4. The molecular formula is C16H17F2N3O3. The lowest BCUT2D eigenvalue weighted by Gasteiger charge is -2.08. The monoisotopic (exact) mass is 337 g/mol. The number of rotatable bonds is 5. The number of nitrogens with zero attached hydrogens (tertiary/aromatic N) is 2. The molecule has 2 rings (SSSR count). The summed E-state index contributed by atoms with van der Waals surface area (Å²) >= 11 is 0. The summed E-state index contributed by atoms with van der Waals surface area (Å²) in [5, 5.41) is 15.4. The van der Waals surface area contributed by atoms with Crippen LogP contribution in [0, 0.1) is 20.8 Å². The number of benzene rings is 1. The van der Waals surface area contributed by atoms with Crippen molar-refractivity contribution in [3.8, 4) is 0 Å². The van der Waals surface area contributed by atoms with E-state index in [1.807, 2.05) is 0 Å². The van der Waals surface area contributed by atoms with Gasteiger partial charge in [0.05, 0.1) is 17.7 Å². The predicted molar refractivity (Wildman–Crippen MR) is 83.4 cm³/mol. The fourth-order valence-corrected chi connectivity index (χ4v) is 2.49. The summed E-state index contributed by atoms with van der Waals surface area (Å²) < 4.78 is 26.2. The molecule has 2 aromatic rings. The molecule has 0 spiro atoms.